The van der Waals surface area contributed by atoms with Gasteiger partial charge in [-0.05, 0) is 25.2 Å². The van der Waals surface area contributed by atoms with Crippen LogP contribution in [0.25, 0.3) is 0 Å². The Kier molecular flexibility index (Phi) is 3.60. The molecule has 53 valence electrons. The quantitative estimate of drug-likeness (QED) is 0.506. The number of allylic oxidation sites excluding steroid dienone is 1. The molecular formula is C9H17. The van der Waals surface area contributed by atoms with Crippen LogP contribution < -0.4 is 0 Å². The van der Waals surface area contributed by atoms with Gasteiger partial charge in [0, 0.05) is 0 Å². The van der Waals surface area contributed by atoms with Gasteiger partial charge in [-0.2, -0.15) is 0 Å². The van der Waals surface area contributed by atoms with Gasteiger partial charge in [0.1, 0.15) is 0 Å². The Labute approximate surface area is 59.0 Å². The number of rotatable bonds is 4. The molecule has 0 saturated carbocycles. The van der Waals surface area contributed by atoms with Gasteiger partial charge < -0.3 is 0 Å². The lowest BCUT2D eigenvalue weighted by Gasteiger charge is -2.20. The highest BCUT2D eigenvalue weighted by Crippen LogP contribution is 2.25. The molecule has 0 aliphatic rings. The van der Waals surface area contributed by atoms with E-state index in [4.69, 9.17) is 0 Å². The smallest absolute Gasteiger partial charge is 0.0291 e. The third kappa shape index (κ3) is 4.26. The third-order valence-electron chi connectivity index (χ3n) is 1.49. The minimum absolute atomic E-state index is 0.233. The van der Waals surface area contributed by atoms with Crippen LogP contribution in [-0.2, 0) is 0 Å². The fraction of sp³-hybridized carbons (Fsp3) is 0.667. The van der Waals surface area contributed by atoms with Gasteiger partial charge in [-0.3, -0.25) is 0 Å². The highest BCUT2D eigenvalue weighted by molar-refractivity contribution is 4.84. The van der Waals surface area contributed by atoms with Crippen LogP contribution in [0, 0.1) is 12.3 Å². The van der Waals surface area contributed by atoms with Crippen molar-refractivity contribution in [3.05, 3.63) is 19.6 Å². The molecule has 9 heavy (non-hydrogen) atoms. The molecule has 0 saturated heterocycles. The zero-order valence-corrected chi connectivity index (χ0v) is 6.61. The molecule has 1 atom stereocenters. The van der Waals surface area contributed by atoms with Gasteiger partial charge in [0.25, 0.3) is 0 Å². The lowest BCUT2D eigenvalue weighted by Crippen LogP contribution is -2.08. The Balaban J connectivity index is 3.55. The van der Waals surface area contributed by atoms with E-state index in [0.29, 0.717) is 0 Å². The van der Waals surface area contributed by atoms with E-state index >= 15 is 0 Å². The Morgan fingerprint density at radius 3 is 2.44 bits per heavy atom. The minimum Gasteiger partial charge on any atom is -0.103 e. The lowest BCUT2D eigenvalue weighted by atomic mass is 9.85. The molecule has 0 bridgehead atoms. The summed E-state index contributed by atoms with van der Waals surface area (Å²) in [6.07, 6.45) is 5.39. The largest absolute Gasteiger partial charge is 0.103 e. The normalized spacial score (nSPS) is 11.4. The molecule has 0 amide bonds. The Bertz CT molecular complexity index is 80.0. The first-order valence-corrected chi connectivity index (χ1v) is 3.58. The zero-order valence-electron chi connectivity index (χ0n) is 6.61. The third-order valence-corrected chi connectivity index (χ3v) is 1.49. The first-order chi connectivity index (χ1) is 4.12. The first kappa shape index (κ1) is 8.74. The van der Waals surface area contributed by atoms with Gasteiger partial charge in [0.15, 0.2) is 0 Å². The lowest BCUT2D eigenvalue weighted by molar-refractivity contribution is 0.387. The molecule has 0 aromatic carbocycles. The van der Waals surface area contributed by atoms with Crippen molar-refractivity contribution in [2.24, 2.45) is 5.41 Å². The van der Waals surface area contributed by atoms with E-state index in [2.05, 4.69) is 27.4 Å². The topological polar surface area (TPSA) is 0 Å². The summed E-state index contributed by atoms with van der Waals surface area (Å²) in [5.41, 5.74) is 0.233. The van der Waals surface area contributed by atoms with Gasteiger partial charge in [-0.1, -0.05) is 26.3 Å². The average Bonchev–Trinajstić information content (AvgIpc) is 1.64. The monoisotopic (exact) mass is 125 g/mol. The van der Waals surface area contributed by atoms with E-state index in [0.717, 1.165) is 6.42 Å². The molecule has 0 rings (SSSR count). The molecule has 0 nitrogen and oxygen atoms in total. The first-order valence-electron chi connectivity index (χ1n) is 3.58. The van der Waals surface area contributed by atoms with Crippen LogP contribution in [0.2, 0.25) is 0 Å². The van der Waals surface area contributed by atoms with Crippen molar-refractivity contribution < 1.29 is 0 Å². The van der Waals surface area contributed by atoms with Crippen LogP contribution in [0.3, 0.4) is 0 Å². The van der Waals surface area contributed by atoms with E-state index in [-0.39, 0.29) is 5.41 Å². The second-order valence-corrected chi connectivity index (χ2v) is 3.05. The summed E-state index contributed by atoms with van der Waals surface area (Å²) >= 11 is 0. The predicted octanol–water partition coefficient (Wildman–Crippen LogP) is 3.20. The van der Waals surface area contributed by atoms with Gasteiger partial charge in [-0.25, -0.2) is 0 Å². The molecule has 1 unspecified atom stereocenters. The second-order valence-electron chi connectivity index (χ2n) is 3.05. The van der Waals surface area contributed by atoms with Crippen molar-refractivity contribution in [2.45, 2.75) is 33.1 Å². The van der Waals surface area contributed by atoms with Crippen LogP contribution in [-0.4, -0.2) is 0 Å². The summed E-state index contributed by atoms with van der Waals surface area (Å²) in [4.78, 5) is 0. The van der Waals surface area contributed by atoms with Gasteiger partial charge in [-0.15, -0.1) is 6.58 Å². The minimum atomic E-state index is 0.233. The standard InChI is InChI=1S/C9H17/c1-5-7-9(3,4)8-6-2/h5H,1,3,6-8H2,2,4H3. The SMILES string of the molecule is [CH2]C(C)(CC=C)CCC. The summed E-state index contributed by atoms with van der Waals surface area (Å²) in [5.74, 6) is 0. The highest BCUT2D eigenvalue weighted by Gasteiger charge is 2.13. The zero-order chi connectivity index (χ0) is 7.33. The van der Waals surface area contributed by atoms with E-state index < -0.39 is 0 Å². The maximum absolute atomic E-state index is 4.08. The maximum Gasteiger partial charge on any atom is -0.0291 e. The summed E-state index contributed by atoms with van der Waals surface area (Å²) in [5, 5.41) is 0. The van der Waals surface area contributed by atoms with Crippen LogP contribution in [0.5, 0.6) is 0 Å². The molecule has 0 heteroatoms. The summed E-state index contributed by atoms with van der Waals surface area (Å²) < 4.78 is 0. The molecule has 0 N–H and O–H groups in total. The van der Waals surface area contributed by atoms with E-state index in [9.17, 15) is 0 Å². The number of hydrogen-bond acceptors (Lipinski definition) is 0. The van der Waals surface area contributed by atoms with Crippen molar-refractivity contribution in [2.75, 3.05) is 0 Å². The van der Waals surface area contributed by atoms with Gasteiger partial charge >= 0.3 is 0 Å². The van der Waals surface area contributed by atoms with Crippen molar-refractivity contribution in [1.29, 1.82) is 0 Å². The second kappa shape index (κ2) is 3.71. The molecule has 0 spiro atoms. The van der Waals surface area contributed by atoms with Gasteiger partial charge in [0.05, 0.1) is 0 Å². The molecule has 1 radical (unpaired) electrons. The fourth-order valence-corrected chi connectivity index (χ4v) is 1.05. The highest BCUT2D eigenvalue weighted by atomic mass is 14.2. The molecule has 0 aromatic rings. The Hall–Kier alpha value is -0.260. The van der Waals surface area contributed by atoms with Crippen LogP contribution in [0.1, 0.15) is 33.1 Å². The van der Waals surface area contributed by atoms with Gasteiger partial charge in [0.2, 0.25) is 0 Å². The van der Waals surface area contributed by atoms with Crippen LogP contribution in [0.4, 0.5) is 0 Å². The maximum atomic E-state index is 4.08. The van der Waals surface area contributed by atoms with Crippen molar-refractivity contribution >= 4 is 0 Å². The van der Waals surface area contributed by atoms with Crippen molar-refractivity contribution in [1.82, 2.24) is 0 Å². The molecule has 0 aromatic heterocycles. The van der Waals surface area contributed by atoms with Crippen LogP contribution >= 0.6 is 0 Å². The molecular weight excluding hydrogens is 108 g/mol. The molecule has 0 aliphatic heterocycles. The molecule has 0 fully saturated rings. The van der Waals surface area contributed by atoms with E-state index in [1.165, 1.54) is 12.8 Å². The fourth-order valence-electron chi connectivity index (χ4n) is 1.05. The summed E-state index contributed by atoms with van der Waals surface area (Å²) in [7, 11) is 0. The Morgan fingerprint density at radius 1 is 1.56 bits per heavy atom. The van der Waals surface area contributed by atoms with E-state index in [1.807, 2.05) is 6.08 Å². The predicted molar refractivity (Wildman–Crippen MR) is 43.2 cm³/mol. The summed E-state index contributed by atoms with van der Waals surface area (Å²) in [6.45, 7) is 12.1. The van der Waals surface area contributed by atoms with Crippen LogP contribution in [0.15, 0.2) is 12.7 Å². The number of hydrogen-bond donors (Lipinski definition) is 0. The molecule has 0 heterocycles. The van der Waals surface area contributed by atoms with Crippen molar-refractivity contribution in [3.8, 4) is 0 Å². The average molecular weight is 125 g/mol. The van der Waals surface area contributed by atoms with E-state index in [1.54, 1.807) is 0 Å². The van der Waals surface area contributed by atoms with Crippen molar-refractivity contribution in [3.63, 3.8) is 0 Å². The summed E-state index contributed by atoms with van der Waals surface area (Å²) in [6, 6.07) is 0. The molecule has 0 aliphatic carbocycles. The Morgan fingerprint density at radius 2 is 2.11 bits per heavy atom.